The summed E-state index contributed by atoms with van der Waals surface area (Å²) in [6.45, 7) is 4.46. The summed E-state index contributed by atoms with van der Waals surface area (Å²) >= 11 is 0. The average Bonchev–Trinajstić information content (AvgIpc) is 2.43. The zero-order valence-corrected chi connectivity index (χ0v) is 19.7. The minimum Gasteiger partial charge on any atom is -0.305 e. The van der Waals surface area contributed by atoms with Crippen LogP contribution in [0.15, 0.2) is 11.3 Å². The van der Waals surface area contributed by atoms with Gasteiger partial charge in [0.2, 0.25) is 0 Å². The van der Waals surface area contributed by atoms with Crippen LogP contribution < -0.4 is 0 Å². The molecule has 0 heterocycles. The Hall–Kier alpha value is 0.0538. The number of hydrogen-bond acceptors (Lipinski definition) is 3. The van der Waals surface area contributed by atoms with E-state index >= 15 is 0 Å². The molecule has 0 N–H and O–H groups in total. The van der Waals surface area contributed by atoms with Gasteiger partial charge in [0.1, 0.15) is 0 Å². The van der Waals surface area contributed by atoms with Crippen LogP contribution in [-0.4, -0.2) is 74.1 Å². The topological polar surface area (TPSA) is 9.72 Å². The fourth-order valence-corrected chi connectivity index (χ4v) is 9.54. The van der Waals surface area contributed by atoms with Crippen LogP contribution in [0.1, 0.15) is 52.4 Å². The predicted molar refractivity (Wildman–Crippen MR) is 112 cm³/mol. The largest absolute Gasteiger partial charge is 0.305 e. The van der Waals surface area contributed by atoms with E-state index in [2.05, 4.69) is 75.5 Å². The van der Waals surface area contributed by atoms with Crippen molar-refractivity contribution in [3.05, 3.63) is 11.3 Å². The summed E-state index contributed by atoms with van der Waals surface area (Å²) in [6, 6.07) is 2.84. The lowest BCUT2D eigenvalue weighted by Gasteiger charge is -2.46. The van der Waals surface area contributed by atoms with E-state index < -0.39 is 8.56 Å². The van der Waals surface area contributed by atoms with E-state index in [0.717, 1.165) is 0 Å². The van der Waals surface area contributed by atoms with Crippen molar-refractivity contribution in [2.45, 2.75) is 64.5 Å². The molecule has 0 aliphatic rings. The normalized spacial score (nSPS) is 13.0. The first-order chi connectivity index (χ1) is 10.7. The van der Waals surface area contributed by atoms with E-state index in [1.807, 2.05) is 0 Å². The predicted octanol–water partition coefficient (Wildman–Crippen LogP) is 3.46. The SMILES string of the molecule is CC(C)=C[SiH2]CCCCCCCC[Si](N(C)C)(N(C)C)N(C)C. The lowest BCUT2D eigenvalue weighted by molar-refractivity contribution is 0.372. The molecule has 0 saturated carbocycles. The molecule has 0 radical (unpaired) electrons. The summed E-state index contributed by atoms with van der Waals surface area (Å²) in [5.74, 6) is 0. The van der Waals surface area contributed by atoms with Gasteiger partial charge in [-0.05, 0) is 62.2 Å². The molecule has 5 heteroatoms. The number of nitrogens with zero attached hydrogens (tertiary/aromatic N) is 3. The molecule has 3 nitrogen and oxygen atoms in total. The van der Waals surface area contributed by atoms with Crippen LogP contribution in [-0.2, 0) is 0 Å². The van der Waals surface area contributed by atoms with Crippen LogP contribution in [0.3, 0.4) is 0 Å². The Morgan fingerprint density at radius 3 is 1.61 bits per heavy atom. The molecule has 23 heavy (non-hydrogen) atoms. The summed E-state index contributed by atoms with van der Waals surface area (Å²) in [7, 11) is 12.0. The molecule has 0 amide bonds. The Kier molecular flexibility index (Phi) is 12.5. The van der Waals surface area contributed by atoms with E-state index in [-0.39, 0.29) is 9.52 Å². The van der Waals surface area contributed by atoms with Gasteiger partial charge in [-0.2, -0.15) is 0 Å². The molecule has 0 fully saturated rings. The summed E-state index contributed by atoms with van der Waals surface area (Å²) in [5, 5.41) is 0. The molecule has 138 valence electrons. The van der Waals surface area contributed by atoms with Crippen molar-refractivity contribution >= 4 is 18.1 Å². The van der Waals surface area contributed by atoms with Crippen molar-refractivity contribution in [2.75, 3.05) is 42.3 Å². The third-order valence-electron chi connectivity index (χ3n) is 4.92. The fourth-order valence-electron chi connectivity index (χ4n) is 3.65. The van der Waals surface area contributed by atoms with Gasteiger partial charge in [0.05, 0.1) is 0 Å². The summed E-state index contributed by atoms with van der Waals surface area (Å²) in [4.78, 5) is 0. The number of rotatable bonds is 13. The van der Waals surface area contributed by atoms with Crippen molar-refractivity contribution < 1.29 is 0 Å². The molecule has 0 aromatic heterocycles. The Bertz CT molecular complexity index is 302. The Labute approximate surface area is 150 Å². The second-order valence-electron chi connectivity index (χ2n) is 7.75. The molecule has 0 saturated heterocycles. The molecule has 0 aliphatic carbocycles. The second kappa shape index (κ2) is 12.4. The van der Waals surface area contributed by atoms with Crippen LogP contribution in [0, 0.1) is 0 Å². The monoisotopic (exact) mass is 357 g/mol. The van der Waals surface area contributed by atoms with Gasteiger partial charge >= 0.3 is 0 Å². The highest BCUT2D eigenvalue weighted by Gasteiger charge is 2.41. The van der Waals surface area contributed by atoms with E-state index in [1.54, 1.807) is 0 Å². The summed E-state index contributed by atoms with van der Waals surface area (Å²) in [5.41, 5.74) is 4.03. The van der Waals surface area contributed by atoms with Crippen LogP contribution in [0.4, 0.5) is 0 Å². The van der Waals surface area contributed by atoms with Crippen molar-refractivity contribution in [3.63, 3.8) is 0 Å². The van der Waals surface area contributed by atoms with Gasteiger partial charge < -0.3 is 13.7 Å². The maximum atomic E-state index is 2.51. The van der Waals surface area contributed by atoms with E-state index in [4.69, 9.17) is 0 Å². The summed E-state index contributed by atoms with van der Waals surface area (Å²) < 4.78 is 7.46. The highest BCUT2D eigenvalue weighted by Crippen LogP contribution is 2.22. The van der Waals surface area contributed by atoms with Crippen molar-refractivity contribution in [1.82, 2.24) is 13.7 Å². The molecule has 0 bridgehead atoms. The standard InChI is InChI=1S/C18H43N3Si2/c1-18(2)17-22-15-13-11-9-10-12-14-16-23(19(3)4,20(5)6)21(7)8/h17H,9-16,22H2,1-8H3. The minimum absolute atomic E-state index is 0.101. The molecule has 0 unspecified atom stereocenters. The fraction of sp³-hybridized carbons (Fsp3) is 0.889. The molecule has 0 aromatic carbocycles. The van der Waals surface area contributed by atoms with Gasteiger partial charge in [-0.25, -0.2) is 0 Å². The van der Waals surface area contributed by atoms with Crippen LogP contribution >= 0.6 is 0 Å². The molecule has 0 rings (SSSR count). The number of hydrogen-bond donors (Lipinski definition) is 0. The number of allylic oxidation sites excluding steroid dienone is 1. The quantitative estimate of drug-likeness (QED) is 0.369. The summed E-state index contributed by atoms with van der Waals surface area (Å²) in [6.07, 6.45) is 8.53. The van der Waals surface area contributed by atoms with Crippen molar-refractivity contribution in [1.29, 1.82) is 0 Å². The van der Waals surface area contributed by atoms with Gasteiger partial charge in [0.15, 0.2) is 0 Å². The van der Waals surface area contributed by atoms with Gasteiger partial charge in [-0.15, -0.1) is 5.70 Å². The molecule has 0 aliphatic heterocycles. The third kappa shape index (κ3) is 8.63. The average molecular weight is 358 g/mol. The highest BCUT2D eigenvalue weighted by atomic mass is 28.4. The Balaban J connectivity index is 3.90. The molecular weight excluding hydrogens is 314 g/mol. The maximum Gasteiger partial charge on any atom is 0.288 e. The zero-order chi connectivity index (χ0) is 17.9. The number of unbranched alkanes of at least 4 members (excludes halogenated alkanes) is 5. The molecule has 0 spiro atoms. The molecule has 0 atom stereocenters. The highest BCUT2D eigenvalue weighted by molar-refractivity contribution is 6.71. The van der Waals surface area contributed by atoms with E-state index in [9.17, 15) is 0 Å². The van der Waals surface area contributed by atoms with E-state index in [1.165, 1.54) is 56.2 Å². The minimum atomic E-state index is -1.63. The van der Waals surface area contributed by atoms with Crippen molar-refractivity contribution in [2.24, 2.45) is 0 Å². The smallest absolute Gasteiger partial charge is 0.288 e. The van der Waals surface area contributed by atoms with Gasteiger partial charge in [0.25, 0.3) is 8.56 Å². The van der Waals surface area contributed by atoms with Crippen LogP contribution in [0.2, 0.25) is 12.1 Å². The Morgan fingerprint density at radius 2 is 1.17 bits per heavy atom. The lowest BCUT2D eigenvalue weighted by Crippen LogP contribution is -2.69. The molecule has 0 aromatic rings. The van der Waals surface area contributed by atoms with Crippen molar-refractivity contribution in [3.8, 4) is 0 Å². The maximum absolute atomic E-state index is 2.51. The van der Waals surface area contributed by atoms with Crippen LogP contribution in [0.25, 0.3) is 0 Å². The van der Waals surface area contributed by atoms with Gasteiger partial charge in [-0.1, -0.05) is 50.1 Å². The first-order valence-electron chi connectivity index (χ1n) is 9.40. The van der Waals surface area contributed by atoms with Crippen LogP contribution in [0.5, 0.6) is 0 Å². The van der Waals surface area contributed by atoms with Gasteiger partial charge in [0, 0.05) is 9.52 Å². The lowest BCUT2D eigenvalue weighted by atomic mass is 10.1. The first kappa shape index (κ1) is 23.1. The molecular formula is C18H43N3Si2. The van der Waals surface area contributed by atoms with Gasteiger partial charge in [-0.3, -0.25) is 0 Å². The third-order valence-corrected chi connectivity index (χ3v) is 12.3. The second-order valence-corrected chi connectivity index (χ2v) is 14.2. The van der Waals surface area contributed by atoms with E-state index in [0.29, 0.717) is 0 Å². The zero-order valence-electron chi connectivity index (χ0n) is 17.3. The Morgan fingerprint density at radius 1 is 0.739 bits per heavy atom. The first-order valence-corrected chi connectivity index (χ1v) is 13.3.